The van der Waals surface area contributed by atoms with Gasteiger partial charge in [0.25, 0.3) is 0 Å². The van der Waals surface area contributed by atoms with Crippen LogP contribution in [-0.4, -0.2) is 11.9 Å². The van der Waals surface area contributed by atoms with Gasteiger partial charge in [-0.1, -0.05) is 31.2 Å². The second kappa shape index (κ2) is 6.50. The first-order valence-electron chi connectivity index (χ1n) is 6.39. The average Bonchev–Trinajstić information content (AvgIpc) is 2.93. The minimum absolute atomic E-state index is 0.0293. The highest BCUT2D eigenvalue weighted by Crippen LogP contribution is 2.31. The number of carbonyl (C=O) groups is 1. The van der Waals surface area contributed by atoms with E-state index in [2.05, 4.69) is 5.32 Å². The Labute approximate surface area is 117 Å². The Bertz CT molecular complexity index is 537. The number of nitrogens with one attached hydrogen (secondary N) is 1. The van der Waals surface area contributed by atoms with E-state index in [1.54, 1.807) is 11.3 Å². The Morgan fingerprint density at radius 2 is 2.11 bits per heavy atom. The summed E-state index contributed by atoms with van der Waals surface area (Å²) in [5.41, 5.74) is 7.70. The zero-order chi connectivity index (χ0) is 13.7. The zero-order valence-corrected chi connectivity index (χ0v) is 11.7. The van der Waals surface area contributed by atoms with E-state index < -0.39 is 0 Å². The molecule has 1 heterocycles. The molecule has 0 aliphatic carbocycles. The molecule has 1 atom stereocenters. The zero-order valence-electron chi connectivity index (χ0n) is 10.9. The molecule has 100 valence electrons. The lowest BCUT2D eigenvalue weighted by Gasteiger charge is -2.12. The second-order valence-electron chi connectivity index (χ2n) is 4.44. The molecule has 0 saturated carbocycles. The van der Waals surface area contributed by atoms with Crippen molar-refractivity contribution in [3.63, 3.8) is 0 Å². The molecule has 0 aliphatic rings. The van der Waals surface area contributed by atoms with Crippen LogP contribution in [0.25, 0.3) is 10.4 Å². The summed E-state index contributed by atoms with van der Waals surface area (Å²) in [6, 6.07) is 11.8. The summed E-state index contributed by atoms with van der Waals surface area (Å²) in [7, 11) is 0. The van der Waals surface area contributed by atoms with Crippen molar-refractivity contribution in [1.29, 1.82) is 0 Å². The number of carbonyl (C=O) groups excluding carboxylic acids is 1. The molecular formula is C15H18N2OS. The number of nitrogens with two attached hydrogens (primary N) is 1. The number of rotatable bonds is 5. The van der Waals surface area contributed by atoms with Gasteiger partial charge in [-0.05, 0) is 23.9 Å². The highest BCUT2D eigenvalue weighted by molar-refractivity contribution is 7.13. The largest absolute Gasteiger partial charge is 0.327 e. The number of benzene rings is 1. The second-order valence-corrected chi connectivity index (χ2v) is 5.39. The van der Waals surface area contributed by atoms with Crippen LogP contribution >= 0.6 is 11.3 Å². The van der Waals surface area contributed by atoms with Crippen molar-refractivity contribution in [2.45, 2.75) is 25.8 Å². The fraction of sp³-hybridized carbons (Fsp3) is 0.267. The van der Waals surface area contributed by atoms with Crippen LogP contribution in [0.4, 0.5) is 5.69 Å². The van der Waals surface area contributed by atoms with E-state index in [1.807, 2.05) is 48.7 Å². The molecule has 0 bridgehead atoms. The first-order valence-corrected chi connectivity index (χ1v) is 7.27. The van der Waals surface area contributed by atoms with E-state index >= 15 is 0 Å². The van der Waals surface area contributed by atoms with Gasteiger partial charge in [0.05, 0.1) is 0 Å². The van der Waals surface area contributed by atoms with Crippen molar-refractivity contribution < 1.29 is 4.79 Å². The quantitative estimate of drug-likeness (QED) is 0.877. The lowest BCUT2D eigenvalue weighted by molar-refractivity contribution is -0.116. The van der Waals surface area contributed by atoms with Crippen molar-refractivity contribution in [1.82, 2.24) is 0 Å². The van der Waals surface area contributed by atoms with Crippen molar-refractivity contribution in [3.8, 4) is 10.4 Å². The van der Waals surface area contributed by atoms with Gasteiger partial charge in [0.15, 0.2) is 0 Å². The highest BCUT2D eigenvalue weighted by Gasteiger charge is 2.11. The molecule has 0 radical (unpaired) electrons. The molecule has 1 unspecified atom stereocenters. The first-order chi connectivity index (χ1) is 9.20. The van der Waals surface area contributed by atoms with Crippen molar-refractivity contribution >= 4 is 22.9 Å². The number of hydrogen-bond acceptors (Lipinski definition) is 3. The van der Waals surface area contributed by atoms with Crippen molar-refractivity contribution in [3.05, 3.63) is 41.8 Å². The highest BCUT2D eigenvalue weighted by atomic mass is 32.1. The van der Waals surface area contributed by atoms with Crippen LogP contribution in [0.1, 0.15) is 19.8 Å². The summed E-state index contributed by atoms with van der Waals surface area (Å²) in [5, 5.41) is 4.98. The van der Waals surface area contributed by atoms with E-state index in [0.29, 0.717) is 6.42 Å². The van der Waals surface area contributed by atoms with Crippen LogP contribution in [0.5, 0.6) is 0 Å². The minimum Gasteiger partial charge on any atom is -0.327 e. The van der Waals surface area contributed by atoms with Crippen molar-refractivity contribution in [2.75, 3.05) is 5.32 Å². The van der Waals surface area contributed by atoms with Gasteiger partial charge >= 0.3 is 0 Å². The molecule has 3 nitrogen and oxygen atoms in total. The van der Waals surface area contributed by atoms with Gasteiger partial charge in [0, 0.05) is 28.6 Å². The molecule has 1 amide bonds. The van der Waals surface area contributed by atoms with Crippen LogP contribution < -0.4 is 11.1 Å². The molecule has 1 aromatic heterocycles. The summed E-state index contributed by atoms with van der Waals surface area (Å²) in [5.74, 6) is -0.0293. The van der Waals surface area contributed by atoms with E-state index in [4.69, 9.17) is 5.73 Å². The Morgan fingerprint density at radius 1 is 1.32 bits per heavy atom. The average molecular weight is 274 g/mol. The molecule has 2 aromatic rings. The summed E-state index contributed by atoms with van der Waals surface area (Å²) in [6.45, 7) is 1.98. The molecule has 0 saturated heterocycles. The Hall–Kier alpha value is -1.65. The molecule has 19 heavy (non-hydrogen) atoms. The third-order valence-electron chi connectivity index (χ3n) is 2.96. The van der Waals surface area contributed by atoms with Crippen LogP contribution in [0.3, 0.4) is 0 Å². The van der Waals surface area contributed by atoms with Gasteiger partial charge in [-0.25, -0.2) is 0 Å². The van der Waals surface area contributed by atoms with E-state index in [-0.39, 0.29) is 11.9 Å². The van der Waals surface area contributed by atoms with Crippen LogP contribution in [0, 0.1) is 0 Å². The van der Waals surface area contributed by atoms with Crippen LogP contribution in [0.2, 0.25) is 0 Å². The van der Waals surface area contributed by atoms with Gasteiger partial charge in [-0.15, -0.1) is 11.3 Å². The number of amides is 1. The van der Waals surface area contributed by atoms with E-state index in [9.17, 15) is 4.79 Å². The molecular weight excluding hydrogens is 256 g/mol. The molecule has 4 heteroatoms. The van der Waals surface area contributed by atoms with E-state index in [0.717, 1.165) is 22.5 Å². The monoisotopic (exact) mass is 274 g/mol. The topological polar surface area (TPSA) is 55.1 Å². The lowest BCUT2D eigenvalue weighted by atomic mass is 10.1. The SMILES string of the molecule is CCC(N)CC(=O)Nc1ccccc1-c1cccs1. The first kappa shape index (κ1) is 13.8. The normalized spacial score (nSPS) is 12.1. The summed E-state index contributed by atoms with van der Waals surface area (Å²) >= 11 is 1.66. The smallest absolute Gasteiger partial charge is 0.225 e. The van der Waals surface area contributed by atoms with Crippen molar-refractivity contribution in [2.24, 2.45) is 5.73 Å². The van der Waals surface area contributed by atoms with Gasteiger partial charge in [0.2, 0.25) is 5.91 Å². The molecule has 3 N–H and O–H groups in total. The Kier molecular flexibility index (Phi) is 4.71. The van der Waals surface area contributed by atoms with Gasteiger partial charge < -0.3 is 11.1 Å². The van der Waals surface area contributed by atoms with Gasteiger partial charge in [-0.2, -0.15) is 0 Å². The standard InChI is InChI=1S/C15H18N2OS/c1-2-11(16)10-15(18)17-13-7-4-3-6-12(13)14-8-5-9-19-14/h3-9,11H,2,10,16H2,1H3,(H,17,18). The van der Waals surface area contributed by atoms with Gasteiger partial charge in [0.1, 0.15) is 0 Å². The van der Waals surface area contributed by atoms with Crippen LogP contribution in [0.15, 0.2) is 41.8 Å². The minimum atomic E-state index is -0.0751. The van der Waals surface area contributed by atoms with Crippen LogP contribution in [-0.2, 0) is 4.79 Å². The van der Waals surface area contributed by atoms with Gasteiger partial charge in [-0.3, -0.25) is 4.79 Å². The Balaban J connectivity index is 2.15. The predicted molar refractivity (Wildman–Crippen MR) is 81.3 cm³/mol. The summed E-state index contributed by atoms with van der Waals surface area (Å²) in [6.07, 6.45) is 1.16. The maximum atomic E-state index is 11.9. The predicted octanol–water partition coefficient (Wildman–Crippen LogP) is 3.48. The molecule has 0 spiro atoms. The summed E-state index contributed by atoms with van der Waals surface area (Å²) in [4.78, 5) is 13.1. The lowest BCUT2D eigenvalue weighted by Crippen LogP contribution is -2.26. The maximum Gasteiger partial charge on any atom is 0.225 e. The third-order valence-corrected chi connectivity index (χ3v) is 3.86. The number of thiophene rings is 1. The third kappa shape index (κ3) is 3.66. The Morgan fingerprint density at radius 3 is 2.79 bits per heavy atom. The summed E-state index contributed by atoms with van der Waals surface area (Å²) < 4.78 is 0. The fourth-order valence-electron chi connectivity index (χ4n) is 1.82. The maximum absolute atomic E-state index is 11.9. The van der Waals surface area contributed by atoms with E-state index in [1.165, 1.54) is 0 Å². The number of para-hydroxylation sites is 1. The number of hydrogen-bond donors (Lipinski definition) is 2. The molecule has 2 rings (SSSR count). The fourth-order valence-corrected chi connectivity index (χ4v) is 2.59. The molecule has 0 aliphatic heterocycles. The molecule has 1 aromatic carbocycles. The molecule has 0 fully saturated rings. The number of anilines is 1.